The minimum atomic E-state index is -0.218. The van der Waals surface area contributed by atoms with Crippen LogP contribution in [0.3, 0.4) is 0 Å². The summed E-state index contributed by atoms with van der Waals surface area (Å²) in [5.41, 5.74) is 11.0. The molecule has 0 aromatic carbocycles. The van der Waals surface area contributed by atoms with Gasteiger partial charge in [0.15, 0.2) is 0 Å². The number of hydrogen-bond acceptors (Lipinski definition) is 3. The summed E-state index contributed by atoms with van der Waals surface area (Å²) in [6.07, 6.45) is 2.34. The largest absolute Gasteiger partial charge is 0.369 e. The summed E-state index contributed by atoms with van der Waals surface area (Å²) >= 11 is 0. The predicted molar refractivity (Wildman–Crippen MR) is 61.2 cm³/mol. The Balaban J connectivity index is 2.49. The minimum Gasteiger partial charge on any atom is -0.369 e. The molecule has 15 heavy (non-hydrogen) atoms. The lowest BCUT2D eigenvalue weighted by Gasteiger charge is -2.38. The van der Waals surface area contributed by atoms with Gasteiger partial charge >= 0.3 is 0 Å². The maximum absolute atomic E-state index is 11.0. The van der Waals surface area contributed by atoms with Crippen LogP contribution in [-0.2, 0) is 4.79 Å². The van der Waals surface area contributed by atoms with Gasteiger partial charge in [-0.15, -0.1) is 0 Å². The van der Waals surface area contributed by atoms with Gasteiger partial charge in [0.2, 0.25) is 5.91 Å². The van der Waals surface area contributed by atoms with Gasteiger partial charge in [0.1, 0.15) is 0 Å². The van der Waals surface area contributed by atoms with E-state index in [-0.39, 0.29) is 11.8 Å². The number of nitrogens with two attached hydrogens (primary N) is 2. The smallest absolute Gasteiger partial charge is 0.221 e. The van der Waals surface area contributed by atoms with E-state index in [1.807, 2.05) is 6.92 Å². The van der Waals surface area contributed by atoms with Crippen molar-refractivity contribution in [2.75, 3.05) is 19.6 Å². The molecule has 3 atom stereocenters. The van der Waals surface area contributed by atoms with Crippen molar-refractivity contribution in [3.05, 3.63) is 0 Å². The lowest BCUT2D eigenvalue weighted by Crippen LogP contribution is -2.49. The monoisotopic (exact) mass is 213 g/mol. The van der Waals surface area contributed by atoms with Gasteiger partial charge < -0.3 is 11.5 Å². The first kappa shape index (κ1) is 12.5. The van der Waals surface area contributed by atoms with Gasteiger partial charge in [-0.3, -0.25) is 9.69 Å². The van der Waals surface area contributed by atoms with E-state index in [0.29, 0.717) is 12.6 Å². The van der Waals surface area contributed by atoms with E-state index in [1.54, 1.807) is 0 Å². The predicted octanol–water partition coefficient (Wildman–Crippen LogP) is 0.167. The molecule has 4 N–H and O–H groups in total. The van der Waals surface area contributed by atoms with Crippen molar-refractivity contribution in [3.63, 3.8) is 0 Å². The number of hydrogen-bond donors (Lipinski definition) is 2. The average molecular weight is 213 g/mol. The SMILES string of the molecule is CC1CCN(CC(C)C(N)=O)C(CN)C1. The molecule has 88 valence electrons. The molecule has 3 unspecified atom stereocenters. The summed E-state index contributed by atoms with van der Waals surface area (Å²) in [4.78, 5) is 13.3. The first-order valence-electron chi connectivity index (χ1n) is 5.78. The fourth-order valence-electron chi connectivity index (χ4n) is 2.23. The summed E-state index contributed by atoms with van der Waals surface area (Å²) < 4.78 is 0. The van der Waals surface area contributed by atoms with E-state index in [9.17, 15) is 4.79 Å². The first-order chi connectivity index (χ1) is 7.04. The van der Waals surface area contributed by atoms with Crippen molar-refractivity contribution >= 4 is 5.91 Å². The van der Waals surface area contributed by atoms with Crippen molar-refractivity contribution in [3.8, 4) is 0 Å². The minimum absolute atomic E-state index is 0.0764. The molecule has 0 radical (unpaired) electrons. The Kier molecular flexibility index (Phi) is 4.54. The number of rotatable bonds is 4. The third-order valence-electron chi connectivity index (χ3n) is 3.37. The summed E-state index contributed by atoms with van der Waals surface area (Å²) in [6, 6.07) is 0.426. The molecule has 4 nitrogen and oxygen atoms in total. The molecule has 1 saturated heterocycles. The van der Waals surface area contributed by atoms with Crippen LogP contribution in [0.2, 0.25) is 0 Å². The Hall–Kier alpha value is -0.610. The zero-order chi connectivity index (χ0) is 11.4. The summed E-state index contributed by atoms with van der Waals surface area (Å²) in [7, 11) is 0. The molecular formula is C11H23N3O. The van der Waals surface area contributed by atoms with Crippen LogP contribution in [0.1, 0.15) is 26.7 Å². The van der Waals surface area contributed by atoms with Gasteiger partial charge in [-0.1, -0.05) is 13.8 Å². The number of amides is 1. The summed E-state index contributed by atoms with van der Waals surface area (Å²) in [5, 5.41) is 0. The quantitative estimate of drug-likeness (QED) is 0.699. The van der Waals surface area contributed by atoms with Crippen molar-refractivity contribution in [1.82, 2.24) is 4.90 Å². The lowest BCUT2D eigenvalue weighted by molar-refractivity contribution is -0.122. The van der Waals surface area contributed by atoms with Crippen LogP contribution in [0.5, 0.6) is 0 Å². The van der Waals surface area contributed by atoms with Gasteiger partial charge in [-0.2, -0.15) is 0 Å². The highest BCUT2D eigenvalue weighted by molar-refractivity contribution is 5.76. The lowest BCUT2D eigenvalue weighted by atomic mass is 9.91. The number of piperidine rings is 1. The van der Waals surface area contributed by atoms with E-state index in [1.165, 1.54) is 6.42 Å². The molecule has 1 aliphatic heterocycles. The highest BCUT2D eigenvalue weighted by Gasteiger charge is 2.27. The fourth-order valence-corrected chi connectivity index (χ4v) is 2.23. The van der Waals surface area contributed by atoms with E-state index in [4.69, 9.17) is 11.5 Å². The van der Waals surface area contributed by atoms with E-state index < -0.39 is 0 Å². The number of carbonyl (C=O) groups is 1. The van der Waals surface area contributed by atoms with Gasteiger partial charge in [0, 0.05) is 25.0 Å². The topological polar surface area (TPSA) is 72.3 Å². The van der Waals surface area contributed by atoms with Gasteiger partial charge in [-0.25, -0.2) is 0 Å². The Labute approximate surface area is 92.0 Å². The Morgan fingerprint density at radius 2 is 2.27 bits per heavy atom. The maximum Gasteiger partial charge on any atom is 0.221 e. The van der Waals surface area contributed by atoms with E-state index in [2.05, 4.69) is 11.8 Å². The third kappa shape index (κ3) is 3.47. The maximum atomic E-state index is 11.0. The molecule has 1 heterocycles. The Morgan fingerprint density at radius 1 is 1.60 bits per heavy atom. The van der Waals surface area contributed by atoms with E-state index >= 15 is 0 Å². The van der Waals surface area contributed by atoms with Crippen molar-refractivity contribution in [2.45, 2.75) is 32.7 Å². The van der Waals surface area contributed by atoms with Crippen molar-refractivity contribution in [1.29, 1.82) is 0 Å². The fraction of sp³-hybridized carbons (Fsp3) is 0.909. The second-order valence-electron chi connectivity index (χ2n) is 4.82. The van der Waals surface area contributed by atoms with Crippen LogP contribution in [-0.4, -0.2) is 36.5 Å². The molecule has 1 aliphatic rings. The number of primary amides is 1. The number of likely N-dealkylation sites (tertiary alicyclic amines) is 1. The molecule has 1 amide bonds. The molecular weight excluding hydrogens is 190 g/mol. The zero-order valence-electron chi connectivity index (χ0n) is 9.78. The molecule has 0 saturated carbocycles. The van der Waals surface area contributed by atoms with Gasteiger partial charge in [0.05, 0.1) is 0 Å². The molecule has 0 bridgehead atoms. The highest BCUT2D eigenvalue weighted by atomic mass is 16.1. The second-order valence-corrected chi connectivity index (χ2v) is 4.82. The van der Waals surface area contributed by atoms with Gasteiger partial charge in [-0.05, 0) is 25.3 Å². The normalized spacial score (nSPS) is 30.1. The number of nitrogens with zero attached hydrogens (tertiary/aromatic N) is 1. The molecule has 0 aromatic rings. The highest BCUT2D eigenvalue weighted by Crippen LogP contribution is 2.22. The zero-order valence-corrected chi connectivity index (χ0v) is 9.78. The molecule has 0 spiro atoms. The third-order valence-corrected chi connectivity index (χ3v) is 3.37. The van der Waals surface area contributed by atoms with Crippen LogP contribution in [0.25, 0.3) is 0 Å². The molecule has 0 aliphatic carbocycles. The Morgan fingerprint density at radius 3 is 2.80 bits per heavy atom. The second kappa shape index (κ2) is 5.47. The van der Waals surface area contributed by atoms with Crippen LogP contribution in [0.15, 0.2) is 0 Å². The van der Waals surface area contributed by atoms with Crippen LogP contribution in [0.4, 0.5) is 0 Å². The summed E-state index contributed by atoms with van der Waals surface area (Å²) in [5.74, 6) is 0.454. The molecule has 1 fully saturated rings. The van der Waals surface area contributed by atoms with Crippen molar-refractivity contribution in [2.24, 2.45) is 23.3 Å². The van der Waals surface area contributed by atoms with Gasteiger partial charge in [0.25, 0.3) is 0 Å². The Bertz CT molecular complexity index is 220. The number of carbonyl (C=O) groups excluding carboxylic acids is 1. The van der Waals surface area contributed by atoms with E-state index in [0.717, 1.165) is 25.4 Å². The average Bonchev–Trinajstić information content (AvgIpc) is 2.20. The first-order valence-corrected chi connectivity index (χ1v) is 5.78. The van der Waals surface area contributed by atoms with Crippen LogP contribution >= 0.6 is 0 Å². The van der Waals surface area contributed by atoms with Crippen LogP contribution in [0, 0.1) is 11.8 Å². The standard InChI is InChI=1S/C11H23N3O/c1-8-3-4-14(10(5-8)6-12)7-9(2)11(13)15/h8-10H,3-7,12H2,1-2H3,(H2,13,15). The molecule has 0 aromatic heterocycles. The molecule has 4 heteroatoms. The summed E-state index contributed by atoms with van der Waals surface area (Å²) in [6.45, 7) is 6.62. The van der Waals surface area contributed by atoms with Crippen LogP contribution < -0.4 is 11.5 Å². The molecule has 1 rings (SSSR count). The van der Waals surface area contributed by atoms with Crippen molar-refractivity contribution < 1.29 is 4.79 Å².